The lowest BCUT2D eigenvalue weighted by Crippen LogP contribution is -2.39. The van der Waals surface area contributed by atoms with Gasteiger partial charge in [-0.25, -0.2) is 4.98 Å². The Bertz CT molecular complexity index is 1310. The predicted molar refractivity (Wildman–Crippen MR) is 119 cm³/mol. The summed E-state index contributed by atoms with van der Waals surface area (Å²) in [5.74, 6) is 0.257. The lowest BCUT2D eigenvalue weighted by atomic mass is 10.1. The topological polar surface area (TPSA) is 89.2 Å². The van der Waals surface area contributed by atoms with Gasteiger partial charge in [0.05, 0.1) is 11.0 Å². The van der Waals surface area contributed by atoms with Gasteiger partial charge in [0.2, 0.25) is 5.91 Å². The number of aromatic hydroxyl groups is 1. The average molecular weight is 416 g/mol. The Kier molecular flexibility index (Phi) is 5.33. The standard InChI is InChI=1S/C24H24N4O3/c1-15-13-18(29)14-21(30)28(15)16(2)24(31)26-22(17-9-5-4-6-10-17)23-25-19-11-7-8-12-20(19)27(23)3/h4-14,16,22,29H,1-3H3,(H,26,31)/t16-,22-/m0/s1. The maximum atomic E-state index is 13.2. The molecular weight excluding hydrogens is 392 g/mol. The second kappa shape index (κ2) is 8.10. The number of rotatable bonds is 5. The molecule has 4 rings (SSSR count). The van der Waals surface area contributed by atoms with Gasteiger partial charge in [0.25, 0.3) is 5.56 Å². The minimum absolute atomic E-state index is 0.117. The monoisotopic (exact) mass is 416 g/mol. The number of pyridine rings is 1. The van der Waals surface area contributed by atoms with Gasteiger partial charge < -0.3 is 19.6 Å². The van der Waals surface area contributed by atoms with Crippen molar-refractivity contribution in [3.63, 3.8) is 0 Å². The number of carbonyl (C=O) groups excluding carboxylic acids is 1. The van der Waals surface area contributed by atoms with Crippen molar-refractivity contribution in [1.82, 2.24) is 19.4 Å². The molecule has 0 bridgehead atoms. The molecule has 2 heterocycles. The molecule has 0 aliphatic heterocycles. The number of benzene rings is 2. The third-order valence-corrected chi connectivity index (χ3v) is 5.51. The zero-order valence-electron chi connectivity index (χ0n) is 17.6. The van der Waals surface area contributed by atoms with E-state index in [2.05, 4.69) is 5.32 Å². The fourth-order valence-electron chi connectivity index (χ4n) is 3.94. The maximum absolute atomic E-state index is 13.2. The zero-order chi connectivity index (χ0) is 22.1. The molecule has 0 saturated heterocycles. The van der Waals surface area contributed by atoms with E-state index in [-0.39, 0.29) is 11.7 Å². The van der Waals surface area contributed by atoms with Gasteiger partial charge in [-0.1, -0.05) is 42.5 Å². The minimum Gasteiger partial charge on any atom is -0.508 e. The highest BCUT2D eigenvalue weighted by Crippen LogP contribution is 2.26. The van der Waals surface area contributed by atoms with E-state index in [1.54, 1.807) is 13.8 Å². The summed E-state index contributed by atoms with van der Waals surface area (Å²) >= 11 is 0. The van der Waals surface area contributed by atoms with Crippen molar-refractivity contribution in [3.05, 3.63) is 94.2 Å². The number of para-hydroxylation sites is 2. The summed E-state index contributed by atoms with van der Waals surface area (Å²) in [6.45, 7) is 3.35. The van der Waals surface area contributed by atoms with Crippen LogP contribution in [-0.4, -0.2) is 25.1 Å². The Morgan fingerprint density at radius 2 is 1.74 bits per heavy atom. The zero-order valence-corrected chi connectivity index (χ0v) is 17.6. The third-order valence-electron chi connectivity index (χ3n) is 5.51. The van der Waals surface area contributed by atoms with Crippen molar-refractivity contribution in [2.24, 2.45) is 7.05 Å². The van der Waals surface area contributed by atoms with Gasteiger partial charge in [0.15, 0.2) is 0 Å². The minimum atomic E-state index is -0.769. The van der Waals surface area contributed by atoms with Crippen LogP contribution in [0.1, 0.15) is 36.1 Å². The van der Waals surface area contributed by atoms with Crippen LogP contribution in [0.4, 0.5) is 0 Å². The lowest BCUT2D eigenvalue weighted by molar-refractivity contribution is -0.124. The molecule has 0 aliphatic carbocycles. The number of imidazole rings is 1. The van der Waals surface area contributed by atoms with E-state index in [1.165, 1.54) is 10.6 Å². The first kappa shape index (κ1) is 20.4. The lowest BCUT2D eigenvalue weighted by Gasteiger charge is -2.23. The fourth-order valence-corrected chi connectivity index (χ4v) is 3.94. The van der Waals surface area contributed by atoms with Crippen molar-refractivity contribution < 1.29 is 9.90 Å². The quantitative estimate of drug-likeness (QED) is 0.523. The van der Waals surface area contributed by atoms with Gasteiger partial charge >= 0.3 is 0 Å². The SMILES string of the molecule is Cc1cc(O)cc(=O)n1[C@@H](C)C(=O)N[C@@H](c1ccccc1)c1nc2ccccc2n1C. The summed E-state index contributed by atoms with van der Waals surface area (Å²) < 4.78 is 3.34. The molecule has 0 unspecified atom stereocenters. The summed E-state index contributed by atoms with van der Waals surface area (Å²) in [5.41, 5.74) is 2.77. The number of carbonyl (C=O) groups is 1. The van der Waals surface area contributed by atoms with E-state index in [0.717, 1.165) is 22.7 Å². The molecule has 2 aromatic carbocycles. The third kappa shape index (κ3) is 3.82. The molecule has 4 aromatic rings. The highest BCUT2D eigenvalue weighted by Gasteiger charge is 2.26. The van der Waals surface area contributed by atoms with E-state index >= 15 is 0 Å². The van der Waals surface area contributed by atoms with Crippen LogP contribution in [0.15, 0.2) is 71.5 Å². The predicted octanol–water partition coefficient (Wildman–Crippen LogP) is 3.22. The summed E-state index contributed by atoms with van der Waals surface area (Å²) in [7, 11) is 1.92. The number of amides is 1. The van der Waals surface area contributed by atoms with E-state index in [1.807, 2.05) is 66.2 Å². The number of hydrogen-bond donors (Lipinski definition) is 2. The number of nitrogens with one attached hydrogen (secondary N) is 1. The first-order chi connectivity index (χ1) is 14.9. The first-order valence-corrected chi connectivity index (χ1v) is 10.1. The van der Waals surface area contributed by atoms with Gasteiger partial charge in [0, 0.05) is 18.8 Å². The van der Waals surface area contributed by atoms with E-state index in [0.29, 0.717) is 11.5 Å². The molecule has 0 saturated carbocycles. The fraction of sp³-hybridized carbons (Fsp3) is 0.208. The Morgan fingerprint density at radius 3 is 2.42 bits per heavy atom. The number of hydrogen-bond acceptors (Lipinski definition) is 4. The van der Waals surface area contributed by atoms with Gasteiger partial charge in [-0.2, -0.15) is 0 Å². The molecule has 7 heteroatoms. The molecule has 2 atom stereocenters. The Labute approximate surface area is 179 Å². The number of aryl methyl sites for hydroxylation is 2. The number of aromatic nitrogens is 3. The average Bonchev–Trinajstić information content (AvgIpc) is 3.08. The van der Waals surface area contributed by atoms with Crippen LogP contribution in [0.5, 0.6) is 5.75 Å². The normalized spacial score (nSPS) is 13.1. The van der Waals surface area contributed by atoms with E-state index < -0.39 is 17.6 Å². The van der Waals surface area contributed by atoms with Gasteiger partial charge in [0.1, 0.15) is 23.7 Å². The molecular formula is C24H24N4O3. The van der Waals surface area contributed by atoms with Crippen LogP contribution in [-0.2, 0) is 11.8 Å². The molecule has 0 spiro atoms. The van der Waals surface area contributed by atoms with Crippen LogP contribution < -0.4 is 10.9 Å². The Morgan fingerprint density at radius 1 is 1.06 bits per heavy atom. The van der Waals surface area contributed by atoms with Crippen LogP contribution in [0, 0.1) is 6.92 Å². The molecule has 7 nitrogen and oxygen atoms in total. The van der Waals surface area contributed by atoms with Gasteiger partial charge in [-0.15, -0.1) is 0 Å². The second-order valence-corrected chi connectivity index (χ2v) is 7.61. The number of fused-ring (bicyclic) bond motifs is 1. The summed E-state index contributed by atoms with van der Waals surface area (Å²) in [5, 5.41) is 12.7. The van der Waals surface area contributed by atoms with Crippen molar-refractivity contribution in [2.45, 2.75) is 25.9 Å². The molecule has 158 valence electrons. The molecule has 0 aliphatic rings. The van der Waals surface area contributed by atoms with Crippen molar-refractivity contribution in [2.75, 3.05) is 0 Å². The largest absolute Gasteiger partial charge is 0.508 e. The van der Waals surface area contributed by atoms with Crippen molar-refractivity contribution >= 4 is 16.9 Å². The van der Waals surface area contributed by atoms with E-state index in [9.17, 15) is 14.7 Å². The van der Waals surface area contributed by atoms with Crippen LogP contribution >= 0.6 is 0 Å². The highest BCUT2D eigenvalue weighted by molar-refractivity contribution is 5.81. The Balaban J connectivity index is 1.74. The van der Waals surface area contributed by atoms with Gasteiger partial charge in [-0.05, 0) is 37.6 Å². The summed E-state index contributed by atoms with van der Waals surface area (Å²) in [6.07, 6.45) is 0. The van der Waals surface area contributed by atoms with Crippen molar-refractivity contribution in [3.8, 4) is 5.75 Å². The maximum Gasteiger partial charge on any atom is 0.255 e. The van der Waals surface area contributed by atoms with Crippen molar-refractivity contribution in [1.29, 1.82) is 0 Å². The summed E-state index contributed by atoms with van der Waals surface area (Å²) in [4.78, 5) is 30.4. The first-order valence-electron chi connectivity index (χ1n) is 10.1. The molecule has 2 aromatic heterocycles. The molecule has 0 radical (unpaired) electrons. The van der Waals surface area contributed by atoms with Crippen LogP contribution in [0.2, 0.25) is 0 Å². The van der Waals surface area contributed by atoms with Crippen LogP contribution in [0.3, 0.4) is 0 Å². The highest BCUT2D eigenvalue weighted by atomic mass is 16.3. The summed E-state index contributed by atoms with van der Waals surface area (Å²) in [6, 6.07) is 18.7. The smallest absolute Gasteiger partial charge is 0.255 e. The Hall–Kier alpha value is -3.87. The van der Waals surface area contributed by atoms with Crippen LogP contribution in [0.25, 0.3) is 11.0 Å². The second-order valence-electron chi connectivity index (χ2n) is 7.61. The van der Waals surface area contributed by atoms with Gasteiger partial charge in [-0.3, -0.25) is 9.59 Å². The van der Waals surface area contributed by atoms with E-state index in [4.69, 9.17) is 4.98 Å². The molecule has 1 amide bonds. The molecule has 2 N–H and O–H groups in total. The molecule has 0 fully saturated rings. The molecule has 31 heavy (non-hydrogen) atoms. The number of nitrogens with zero attached hydrogens (tertiary/aromatic N) is 3.